The van der Waals surface area contributed by atoms with Gasteiger partial charge in [0.1, 0.15) is 11.6 Å². The van der Waals surface area contributed by atoms with Gasteiger partial charge in [-0.2, -0.15) is 0 Å². The summed E-state index contributed by atoms with van der Waals surface area (Å²) in [7, 11) is 0. The van der Waals surface area contributed by atoms with Crippen molar-refractivity contribution in [2.45, 2.75) is 11.7 Å². The Balaban J connectivity index is 1.51. The van der Waals surface area contributed by atoms with Crippen molar-refractivity contribution in [3.8, 4) is 11.4 Å². The molecular weight excluding hydrogens is 391 g/mol. The fourth-order valence-corrected chi connectivity index (χ4v) is 3.50. The first kappa shape index (κ1) is 18.9. The molecule has 2 aromatic carbocycles. The number of amides is 1. The maximum atomic E-state index is 13.0. The summed E-state index contributed by atoms with van der Waals surface area (Å²) < 4.78 is 20.4. The third-order valence-electron chi connectivity index (χ3n) is 4.10. The fraction of sp³-hybridized carbons (Fsp3) is 0.0952. The van der Waals surface area contributed by atoms with Gasteiger partial charge in [-0.25, -0.2) is 4.39 Å². The van der Waals surface area contributed by atoms with E-state index in [1.54, 1.807) is 6.26 Å². The van der Waals surface area contributed by atoms with Gasteiger partial charge in [-0.3, -0.25) is 9.36 Å². The number of hydrogen-bond donors (Lipinski definition) is 1. The molecule has 0 radical (unpaired) electrons. The summed E-state index contributed by atoms with van der Waals surface area (Å²) in [6, 6.07) is 19.1. The Bertz CT molecular complexity index is 1080. The molecule has 4 rings (SSSR count). The lowest BCUT2D eigenvalue weighted by Crippen LogP contribution is -2.14. The summed E-state index contributed by atoms with van der Waals surface area (Å²) in [5.74, 6) is 1.04. The van der Waals surface area contributed by atoms with Gasteiger partial charge >= 0.3 is 0 Å². The predicted octanol–water partition coefficient (Wildman–Crippen LogP) is 4.46. The maximum absolute atomic E-state index is 13.0. The molecule has 1 amide bonds. The summed E-state index contributed by atoms with van der Waals surface area (Å²) in [5.41, 5.74) is 1.47. The van der Waals surface area contributed by atoms with E-state index in [-0.39, 0.29) is 17.5 Å². The quantitative estimate of drug-likeness (QED) is 0.457. The van der Waals surface area contributed by atoms with Crippen LogP contribution < -0.4 is 5.32 Å². The molecule has 146 valence electrons. The highest BCUT2D eigenvalue weighted by molar-refractivity contribution is 7.99. The van der Waals surface area contributed by atoms with E-state index in [1.165, 1.54) is 36.0 Å². The highest BCUT2D eigenvalue weighted by Crippen LogP contribution is 2.25. The highest BCUT2D eigenvalue weighted by atomic mass is 32.2. The number of nitrogens with zero attached hydrogens (tertiary/aromatic N) is 3. The molecule has 29 heavy (non-hydrogen) atoms. The number of aromatic nitrogens is 3. The monoisotopic (exact) mass is 408 g/mol. The number of nitrogens with one attached hydrogen (secondary N) is 1. The van der Waals surface area contributed by atoms with Crippen molar-refractivity contribution in [3.63, 3.8) is 0 Å². The Kier molecular flexibility index (Phi) is 5.71. The van der Waals surface area contributed by atoms with E-state index in [0.717, 1.165) is 11.3 Å². The second kappa shape index (κ2) is 8.74. The molecule has 2 aromatic heterocycles. The van der Waals surface area contributed by atoms with Gasteiger partial charge in [-0.05, 0) is 36.4 Å². The third kappa shape index (κ3) is 4.72. The molecule has 1 N–H and O–H groups in total. The van der Waals surface area contributed by atoms with Crippen LogP contribution in [0, 0.1) is 5.82 Å². The van der Waals surface area contributed by atoms with Crippen LogP contribution in [0.25, 0.3) is 11.4 Å². The Morgan fingerprint density at radius 2 is 1.83 bits per heavy atom. The van der Waals surface area contributed by atoms with Crippen LogP contribution in [0.5, 0.6) is 0 Å². The molecule has 0 unspecified atom stereocenters. The van der Waals surface area contributed by atoms with E-state index in [0.29, 0.717) is 23.2 Å². The van der Waals surface area contributed by atoms with Gasteiger partial charge in [0, 0.05) is 11.3 Å². The minimum Gasteiger partial charge on any atom is -0.467 e. The van der Waals surface area contributed by atoms with Gasteiger partial charge in [0.25, 0.3) is 0 Å². The van der Waals surface area contributed by atoms with Gasteiger partial charge in [0.15, 0.2) is 11.0 Å². The van der Waals surface area contributed by atoms with Crippen molar-refractivity contribution in [2.75, 3.05) is 11.1 Å². The van der Waals surface area contributed by atoms with Crippen LogP contribution in [0.4, 0.5) is 10.1 Å². The topological polar surface area (TPSA) is 73.0 Å². The van der Waals surface area contributed by atoms with Crippen LogP contribution in [0.2, 0.25) is 0 Å². The second-order valence-corrected chi connectivity index (χ2v) is 7.12. The van der Waals surface area contributed by atoms with Crippen LogP contribution in [0.1, 0.15) is 5.76 Å². The van der Waals surface area contributed by atoms with Crippen LogP contribution in [0.3, 0.4) is 0 Å². The first-order valence-corrected chi connectivity index (χ1v) is 9.87. The lowest BCUT2D eigenvalue weighted by atomic mass is 10.2. The molecule has 0 saturated carbocycles. The third-order valence-corrected chi connectivity index (χ3v) is 5.07. The average molecular weight is 408 g/mol. The summed E-state index contributed by atoms with van der Waals surface area (Å²) in [6.07, 6.45) is 1.62. The number of benzene rings is 2. The van der Waals surface area contributed by atoms with Crippen LogP contribution in [-0.2, 0) is 11.3 Å². The zero-order chi connectivity index (χ0) is 20.1. The Labute approximate surface area is 170 Å². The van der Waals surface area contributed by atoms with Gasteiger partial charge < -0.3 is 9.73 Å². The molecule has 6 nitrogen and oxygen atoms in total. The van der Waals surface area contributed by atoms with E-state index in [1.807, 2.05) is 47.0 Å². The van der Waals surface area contributed by atoms with E-state index in [4.69, 9.17) is 4.42 Å². The van der Waals surface area contributed by atoms with Crippen LogP contribution >= 0.6 is 11.8 Å². The zero-order valence-corrected chi connectivity index (χ0v) is 16.1. The van der Waals surface area contributed by atoms with Crippen LogP contribution in [0.15, 0.2) is 82.6 Å². The Hall–Kier alpha value is -3.39. The second-order valence-electron chi connectivity index (χ2n) is 6.18. The average Bonchev–Trinajstić information content (AvgIpc) is 3.39. The van der Waals surface area contributed by atoms with Crippen molar-refractivity contribution < 1.29 is 13.6 Å². The molecule has 8 heteroatoms. The van der Waals surface area contributed by atoms with Crippen molar-refractivity contribution >= 4 is 23.4 Å². The molecular formula is C21H17FN4O2S. The van der Waals surface area contributed by atoms with E-state index >= 15 is 0 Å². The summed E-state index contributed by atoms with van der Waals surface area (Å²) >= 11 is 1.28. The molecule has 0 fully saturated rings. The molecule has 0 bridgehead atoms. The van der Waals surface area contributed by atoms with Crippen molar-refractivity contribution in [3.05, 3.63) is 84.6 Å². The van der Waals surface area contributed by atoms with Crippen molar-refractivity contribution in [1.29, 1.82) is 0 Å². The van der Waals surface area contributed by atoms with Crippen LogP contribution in [-0.4, -0.2) is 26.4 Å². The number of anilines is 1. The molecule has 0 aliphatic carbocycles. The minimum atomic E-state index is -0.350. The molecule has 4 aromatic rings. The number of furan rings is 1. The normalized spacial score (nSPS) is 10.8. The SMILES string of the molecule is O=C(CSc1nnc(-c2ccccc2)n1Cc1ccco1)Nc1ccc(F)cc1. The van der Waals surface area contributed by atoms with Crippen molar-refractivity contribution in [2.24, 2.45) is 0 Å². The highest BCUT2D eigenvalue weighted by Gasteiger charge is 2.17. The lowest BCUT2D eigenvalue weighted by Gasteiger charge is -2.09. The number of rotatable bonds is 7. The first-order chi connectivity index (χ1) is 14.2. The van der Waals surface area contributed by atoms with E-state index < -0.39 is 0 Å². The van der Waals surface area contributed by atoms with Gasteiger partial charge in [0.2, 0.25) is 5.91 Å². The van der Waals surface area contributed by atoms with E-state index in [9.17, 15) is 9.18 Å². The molecule has 0 aliphatic rings. The zero-order valence-electron chi connectivity index (χ0n) is 15.3. The molecule has 0 atom stereocenters. The minimum absolute atomic E-state index is 0.141. The summed E-state index contributed by atoms with van der Waals surface area (Å²) in [6.45, 7) is 0.451. The summed E-state index contributed by atoms with van der Waals surface area (Å²) in [4.78, 5) is 12.3. The predicted molar refractivity (Wildman–Crippen MR) is 109 cm³/mol. The Morgan fingerprint density at radius 3 is 2.55 bits per heavy atom. The first-order valence-electron chi connectivity index (χ1n) is 8.88. The molecule has 0 spiro atoms. The van der Waals surface area contributed by atoms with Crippen molar-refractivity contribution in [1.82, 2.24) is 14.8 Å². The standard InChI is InChI=1S/C21H17FN4O2S/c22-16-8-10-17(11-9-16)23-19(27)14-29-21-25-24-20(15-5-2-1-3-6-15)26(21)13-18-7-4-12-28-18/h1-12H,13-14H2,(H,23,27). The number of hydrogen-bond acceptors (Lipinski definition) is 5. The van der Waals surface area contributed by atoms with Gasteiger partial charge in [-0.15, -0.1) is 10.2 Å². The number of carbonyl (C=O) groups is 1. The largest absolute Gasteiger partial charge is 0.467 e. The summed E-state index contributed by atoms with van der Waals surface area (Å²) in [5, 5.41) is 11.9. The molecule has 0 saturated heterocycles. The number of thioether (sulfide) groups is 1. The number of halogens is 1. The van der Waals surface area contributed by atoms with Gasteiger partial charge in [0.05, 0.1) is 18.6 Å². The smallest absolute Gasteiger partial charge is 0.234 e. The number of carbonyl (C=O) groups excluding carboxylic acids is 1. The van der Waals surface area contributed by atoms with Gasteiger partial charge in [-0.1, -0.05) is 42.1 Å². The molecule has 0 aliphatic heterocycles. The molecule has 2 heterocycles. The van der Waals surface area contributed by atoms with E-state index in [2.05, 4.69) is 15.5 Å². The lowest BCUT2D eigenvalue weighted by molar-refractivity contribution is -0.113. The maximum Gasteiger partial charge on any atom is 0.234 e. The Morgan fingerprint density at radius 1 is 1.03 bits per heavy atom. The fourth-order valence-electron chi connectivity index (χ4n) is 2.76.